The fraction of sp³-hybridized carbons (Fsp3) is 0.750. The summed E-state index contributed by atoms with van der Waals surface area (Å²) in [6.45, 7) is 3.58. The highest BCUT2D eigenvalue weighted by Gasteiger charge is 2.17. The van der Waals surface area contributed by atoms with E-state index in [2.05, 4.69) is 6.58 Å². The van der Waals surface area contributed by atoms with Crippen LogP contribution in [0.5, 0.6) is 0 Å². The van der Waals surface area contributed by atoms with Crippen molar-refractivity contribution in [2.24, 2.45) is 0 Å². The van der Waals surface area contributed by atoms with Crippen molar-refractivity contribution in [3.63, 3.8) is 0 Å². The van der Waals surface area contributed by atoms with E-state index in [4.69, 9.17) is 9.84 Å². The van der Waals surface area contributed by atoms with Gasteiger partial charge in [-0.3, -0.25) is 0 Å². The van der Waals surface area contributed by atoms with Crippen molar-refractivity contribution >= 4 is 5.97 Å². The van der Waals surface area contributed by atoms with E-state index in [1.54, 1.807) is 0 Å². The lowest BCUT2D eigenvalue weighted by Gasteiger charge is -2.23. The summed E-state index contributed by atoms with van der Waals surface area (Å²) in [5, 5.41) is 18.1. The summed E-state index contributed by atoms with van der Waals surface area (Å²) in [5.74, 6) is -1.06. The largest absolute Gasteiger partial charge is 0.478 e. The number of carboxylic acid groups (broad SMARTS) is 1. The van der Waals surface area contributed by atoms with Crippen molar-refractivity contribution < 1.29 is 19.7 Å². The molecule has 1 aliphatic carbocycles. The standard InChI is InChI=1S/C12H20O4/c1-9(12(14)15)7-10(13)8-16-11-5-3-2-4-6-11/h10-11,13H,1-8H2,(H,14,15). The lowest BCUT2D eigenvalue weighted by molar-refractivity contribution is -0.133. The van der Waals surface area contributed by atoms with Crippen LogP contribution in [-0.4, -0.2) is 35.0 Å². The third-order valence-corrected chi connectivity index (χ3v) is 2.86. The van der Waals surface area contributed by atoms with Crippen LogP contribution in [0, 0.1) is 0 Å². The lowest BCUT2D eigenvalue weighted by atomic mass is 9.98. The third-order valence-electron chi connectivity index (χ3n) is 2.86. The SMILES string of the molecule is C=C(CC(O)COC1CCCCC1)C(=O)O. The van der Waals surface area contributed by atoms with Gasteiger partial charge < -0.3 is 14.9 Å². The fourth-order valence-electron chi connectivity index (χ4n) is 1.91. The molecule has 1 unspecified atom stereocenters. The van der Waals surface area contributed by atoms with Gasteiger partial charge in [0, 0.05) is 12.0 Å². The monoisotopic (exact) mass is 228 g/mol. The molecule has 0 radical (unpaired) electrons. The number of carboxylic acids is 1. The second-order valence-electron chi connectivity index (χ2n) is 4.36. The Morgan fingerprint density at radius 1 is 1.38 bits per heavy atom. The first-order chi connectivity index (χ1) is 7.59. The molecule has 16 heavy (non-hydrogen) atoms. The second-order valence-corrected chi connectivity index (χ2v) is 4.36. The van der Waals surface area contributed by atoms with Gasteiger partial charge in [-0.25, -0.2) is 4.79 Å². The number of aliphatic carboxylic acids is 1. The first-order valence-corrected chi connectivity index (χ1v) is 5.80. The van der Waals surface area contributed by atoms with Crippen LogP contribution in [0.3, 0.4) is 0 Å². The van der Waals surface area contributed by atoms with E-state index in [0.29, 0.717) is 0 Å². The number of hydrogen-bond donors (Lipinski definition) is 2. The molecule has 0 spiro atoms. The molecule has 0 heterocycles. The average Bonchev–Trinajstić information content (AvgIpc) is 2.27. The highest BCUT2D eigenvalue weighted by atomic mass is 16.5. The zero-order chi connectivity index (χ0) is 12.0. The molecule has 0 aliphatic heterocycles. The molecule has 0 aromatic carbocycles. The van der Waals surface area contributed by atoms with Crippen molar-refractivity contribution in [2.75, 3.05) is 6.61 Å². The van der Waals surface area contributed by atoms with Gasteiger partial charge in [0.25, 0.3) is 0 Å². The Bertz CT molecular complexity index is 243. The summed E-state index contributed by atoms with van der Waals surface area (Å²) in [4.78, 5) is 10.5. The first kappa shape index (κ1) is 13.2. The van der Waals surface area contributed by atoms with Gasteiger partial charge in [-0.2, -0.15) is 0 Å². The minimum atomic E-state index is -1.06. The molecule has 1 atom stereocenters. The number of hydrogen-bond acceptors (Lipinski definition) is 3. The van der Waals surface area contributed by atoms with Crippen LogP contribution in [-0.2, 0) is 9.53 Å². The third kappa shape index (κ3) is 4.77. The minimum absolute atomic E-state index is 0.0275. The normalized spacial score (nSPS) is 19.3. The molecule has 2 N–H and O–H groups in total. The van der Waals surface area contributed by atoms with E-state index in [9.17, 15) is 9.90 Å². The van der Waals surface area contributed by atoms with E-state index in [-0.39, 0.29) is 24.7 Å². The van der Waals surface area contributed by atoms with Crippen molar-refractivity contribution in [2.45, 2.75) is 50.7 Å². The highest BCUT2D eigenvalue weighted by Crippen LogP contribution is 2.20. The molecule has 0 saturated heterocycles. The maximum Gasteiger partial charge on any atom is 0.331 e. The van der Waals surface area contributed by atoms with Gasteiger partial charge in [-0.1, -0.05) is 25.8 Å². The molecule has 0 aromatic heterocycles. The van der Waals surface area contributed by atoms with Gasteiger partial charge in [0.2, 0.25) is 0 Å². The van der Waals surface area contributed by atoms with Gasteiger partial charge in [-0.05, 0) is 12.8 Å². The number of ether oxygens (including phenoxy) is 1. The van der Waals surface area contributed by atoms with Crippen molar-refractivity contribution in [3.05, 3.63) is 12.2 Å². The Morgan fingerprint density at radius 3 is 2.56 bits per heavy atom. The quantitative estimate of drug-likeness (QED) is 0.679. The van der Waals surface area contributed by atoms with Crippen LogP contribution in [0.4, 0.5) is 0 Å². The van der Waals surface area contributed by atoms with Crippen LogP contribution in [0.25, 0.3) is 0 Å². The topological polar surface area (TPSA) is 66.8 Å². The molecular weight excluding hydrogens is 208 g/mol. The van der Waals surface area contributed by atoms with Crippen molar-refractivity contribution in [1.82, 2.24) is 0 Å². The van der Waals surface area contributed by atoms with E-state index in [1.807, 2.05) is 0 Å². The second kappa shape index (κ2) is 6.66. The number of aliphatic hydroxyl groups excluding tert-OH is 1. The maximum absolute atomic E-state index is 10.5. The van der Waals surface area contributed by atoms with Crippen molar-refractivity contribution in [1.29, 1.82) is 0 Å². The smallest absolute Gasteiger partial charge is 0.331 e. The van der Waals surface area contributed by atoms with Crippen molar-refractivity contribution in [3.8, 4) is 0 Å². The van der Waals surface area contributed by atoms with Crippen LogP contribution in [0.1, 0.15) is 38.5 Å². The van der Waals surface area contributed by atoms with Gasteiger partial charge in [0.1, 0.15) is 0 Å². The predicted molar refractivity (Wildman–Crippen MR) is 60.2 cm³/mol. The number of aliphatic hydroxyl groups is 1. The zero-order valence-electron chi connectivity index (χ0n) is 9.52. The molecule has 92 valence electrons. The fourth-order valence-corrected chi connectivity index (χ4v) is 1.91. The molecule has 0 amide bonds. The summed E-state index contributed by atoms with van der Waals surface area (Å²) < 4.78 is 5.54. The Labute approximate surface area is 95.9 Å². The highest BCUT2D eigenvalue weighted by molar-refractivity contribution is 5.85. The summed E-state index contributed by atoms with van der Waals surface area (Å²) in [7, 11) is 0. The van der Waals surface area contributed by atoms with Crippen LogP contribution >= 0.6 is 0 Å². The first-order valence-electron chi connectivity index (χ1n) is 5.80. The molecule has 1 fully saturated rings. The lowest BCUT2D eigenvalue weighted by Crippen LogP contribution is -2.24. The number of rotatable bonds is 6. The zero-order valence-corrected chi connectivity index (χ0v) is 9.52. The van der Waals surface area contributed by atoms with Gasteiger partial charge in [0.05, 0.1) is 18.8 Å². The van der Waals surface area contributed by atoms with Gasteiger partial charge in [-0.15, -0.1) is 0 Å². The molecule has 0 bridgehead atoms. The molecule has 4 heteroatoms. The van der Waals surface area contributed by atoms with Gasteiger partial charge >= 0.3 is 5.97 Å². The summed E-state index contributed by atoms with van der Waals surface area (Å²) >= 11 is 0. The Hall–Kier alpha value is -0.870. The molecule has 1 saturated carbocycles. The summed E-state index contributed by atoms with van der Waals surface area (Å²) in [6, 6.07) is 0. The molecule has 1 rings (SSSR count). The molecular formula is C12H20O4. The van der Waals surface area contributed by atoms with Crippen LogP contribution in [0.2, 0.25) is 0 Å². The summed E-state index contributed by atoms with van der Waals surface area (Å²) in [5.41, 5.74) is 0.0275. The Morgan fingerprint density at radius 2 is 2.00 bits per heavy atom. The van der Waals surface area contributed by atoms with Crippen LogP contribution in [0.15, 0.2) is 12.2 Å². The van der Waals surface area contributed by atoms with Gasteiger partial charge in [0.15, 0.2) is 0 Å². The van der Waals surface area contributed by atoms with Crippen LogP contribution < -0.4 is 0 Å². The molecule has 0 aromatic rings. The average molecular weight is 228 g/mol. The number of carbonyl (C=O) groups is 1. The maximum atomic E-state index is 10.5. The van der Waals surface area contributed by atoms with E-state index < -0.39 is 12.1 Å². The van der Waals surface area contributed by atoms with E-state index >= 15 is 0 Å². The molecule has 4 nitrogen and oxygen atoms in total. The minimum Gasteiger partial charge on any atom is -0.478 e. The van der Waals surface area contributed by atoms with E-state index in [1.165, 1.54) is 19.3 Å². The Kier molecular flexibility index (Phi) is 5.49. The van der Waals surface area contributed by atoms with E-state index in [0.717, 1.165) is 12.8 Å². The Balaban J connectivity index is 2.16. The molecule has 1 aliphatic rings. The predicted octanol–water partition coefficient (Wildman–Crippen LogP) is 1.73. The summed E-state index contributed by atoms with van der Waals surface area (Å²) in [6.07, 6.45) is 5.28.